The Labute approximate surface area is 127 Å². The second-order valence-electron chi connectivity index (χ2n) is 6.46. The molecule has 0 bridgehead atoms. The standard InChI is InChI=1S/C17H27N3O/c1-11-7-12(2)17(13(3)8-11)19-16(21)10-20-6-5-15(9-20)14(4)18/h7-8,14-15H,5-6,9-10,18H2,1-4H3,(H,19,21). The van der Waals surface area contributed by atoms with E-state index in [0.29, 0.717) is 12.5 Å². The van der Waals surface area contributed by atoms with Crippen LogP contribution in [0.4, 0.5) is 5.69 Å². The Morgan fingerprint density at radius 1 is 1.38 bits per heavy atom. The summed E-state index contributed by atoms with van der Waals surface area (Å²) in [7, 11) is 0. The lowest BCUT2D eigenvalue weighted by Crippen LogP contribution is -2.34. The predicted octanol–water partition coefficient (Wildman–Crippen LogP) is 2.22. The maximum atomic E-state index is 12.3. The highest BCUT2D eigenvalue weighted by atomic mass is 16.2. The number of amides is 1. The van der Waals surface area contributed by atoms with Crippen LogP contribution in [0, 0.1) is 26.7 Å². The van der Waals surface area contributed by atoms with Crippen molar-refractivity contribution in [1.29, 1.82) is 0 Å². The summed E-state index contributed by atoms with van der Waals surface area (Å²) in [6.45, 7) is 10.5. The van der Waals surface area contributed by atoms with Gasteiger partial charge in [0.2, 0.25) is 5.91 Å². The number of aryl methyl sites for hydroxylation is 3. The van der Waals surface area contributed by atoms with Gasteiger partial charge >= 0.3 is 0 Å². The van der Waals surface area contributed by atoms with E-state index in [4.69, 9.17) is 5.73 Å². The largest absolute Gasteiger partial charge is 0.328 e. The van der Waals surface area contributed by atoms with E-state index in [1.165, 1.54) is 5.56 Å². The normalized spacial score (nSPS) is 20.5. The van der Waals surface area contributed by atoms with Crippen LogP contribution in [0.1, 0.15) is 30.0 Å². The molecule has 21 heavy (non-hydrogen) atoms. The Morgan fingerprint density at radius 2 is 2.00 bits per heavy atom. The molecule has 2 rings (SSSR count). The van der Waals surface area contributed by atoms with Gasteiger partial charge in [-0.25, -0.2) is 0 Å². The molecule has 1 aliphatic heterocycles. The monoisotopic (exact) mass is 289 g/mol. The number of nitrogens with zero attached hydrogens (tertiary/aromatic N) is 1. The topological polar surface area (TPSA) is 58.4 Å². The van der Waals surface area contributed by atoms with Crippen molar-refractivity contribution in [3.8, 4) is 0 Å². The second kappa shape index (κ2) is 6.58. The highest BCUT2D eigenvalue weighted by Crippen LogP contribution is 2.22. The smallest absolute Gasteiger partial charge is 0.238 e. The van der Waals surface area contributed by atoms with E-state index in [9.17, 15) is 4.79 Å². The highest BCUT2D eigenvalue weighted by molar-refractivity contribution is 5.93. The van der Waals surface area contributed by atoms with Crippen molar-refractivity contribution in [2.45, 2.75) is 40.2 Å². The fourth-order valence-electron chi connectivity index (χ4n) is 3.19. The average Bonchev–Trinajstić information content (AvgIpc) is 2.82. The third-order valence-corrected chi connectivity index (χ3v) is 4.36. The maximum Gasteiger partial charge on any atom is 0.238 e. The minimum absolute atomic E-state index is 0.0652. The Morgan fingerprint density at radius 3 is 2.52 bits per heavy atom. The zero-order valence-corrected chi connectivity index (χ0v) is 13.6. The van der Waals surface area contributed by atoms with E-state index >= 15 is 0 Å². The Bertz CT molecular complexity index is 502. The third kappa shape index (κ3) is 4.05. The number of carbonyl (C=O) groups excluding carboxylic acids is 1. The van der Waals surface area contributed by atoms with Crippen molar-refractivity contribution in [1.82, 2.24) is 4.90 Å². The van der Waals surface area contributed by atoms with Gasteiger partial charge in [-0.2, -0.15) is 0 Å². The van der Waals surface area contributed by atoms with Crippen LogP contribution in [-0.4, -0.2) is 36.5 Å². The average molecular weight is 289 g/mol. The first kappa shape index (κ1) is 16.0. The van der Waals surface area contributed by atoms with Gasteiger partial charge in [0.1, 0.15) is 0 Å². The van der Waals surface area contributed by atoms with Gasteiger partial charge in [0, 0.05) is 18.3 Å². The minimum Gasteiger partial charge on any atom is -0.328 e. The van der Waals surface area contributed by atoms with E-state index < -0.39 is 0 Å². The Balaban J connectivity index is 1.94. The fourth-order valence-corrected chi connectivity index (χ4v) is 3.19. The van der Waals surface area contributed by atoms with Crippen molar-refractivity contribution in [2.24, 2.45) is 11.7 Å². The van der Waals surface area contributed by atoms with Gasteiger partial charge in [0.25, 0.3) is 0 Å². The minimum atomic E-state index is 0.0652. The second-order valence-corrected chi connectivity index (χ2v) is 6.46. The van der Waals surface area contributed by atoms with E-state index in [0.717, 1.165) is 36.3 Å². The number of likely N-dealkylation sites (tertiary alicyclic amines) is 1. The molecule has 4 nitrogen and oxygen atoms in total. The Hall–Kier alpha value is -1.39. The van der Waals surface area contributed by atoms with Crippen LogP contribution in [0.5, 0.6) is 0 Å². The molecule has 1 saturated heterocycles. The molecule has 2 unspecified atom stereocenters. The summed E-state index contributed by atoms with van der Waals surface area (Å²) in [6, 6.07) is 4.41. The summed E-state index contributed by atoms with van der Waals surface area (Å²) in [5, 5.41) is 3.06. The summed E-state index contributed by atoms with van der Waals surface area (Å²) < 4.78 is 0. The molecule has 0 aliphatic carbocycles. The van der Waals surface area contributed by atoms with E-state index in [2.05, 4.69) is 29.3 Å². The molecule has 0 saturated carbocycles. The number of hydrogen-bond acceptors (Lipinski definition) is 3. The van der Waals surface area contributed by atoms with Crippen molar-refractivity contribution in [3.63, 3.8) is 0 Å². The molecule has 3 N–H and O–H groups in total. The van der Waals surface area contributed by atoms with Crippen LogP contribution >= 0.6 is 0 Å². The van der Waals surface area contributed by atoms with Crippen molar-refractivity contribution < 1.29 is 4.79 Å². The lowest BCUT2D eigenvalue weighted by atomic mass is 10.0. The molecule has 1 aromatic rings. The molecular formula is C17H27N3O. The number of hydrogen-bond donors (Lipinski definition) is 2. The predicted molar refractivity (Wildman–Crippen MR) is 87.5 cm³/mol. The molecule has 1 aliphatic rings. The zero-order valence-electron chi connectivity index (χ0n) is 13.6. The van der Waals surface area contributed by atoms with Crippen molar-refractivity contribution >= 4 is 11.6 Å². The van der Waals surface area contributed by atoms with Crippen LogP contribution in [0.25, 0.3) is 0 Å². The molecule has 0 spiro atoms. The molecule has 0 aromatic heterocycles. The first-order valence-corrected chi connectivity index (χ1v) is 7.72. The lowest BCUT2D eigenvalue weighted by Gasteiger charge is -2.18. The summed E-state index contributed by atoms with van der Waals surface area (Å²) in [4.78, 5) is 14.4. The summed E-state index contributed by atoms with van der Waals surface area (Å²) >= 11 is 0. The number of nitrogens with two attached hydrogens (primary N) is 1. The van der Waals surface area contributed by atoms with Gasteiger partial charge in [-0.1, -0.05) is 17.7 Å². The number of nitrogens with one attached hydrogen (secondary N) is 1. The van der Waals surface area contributed by atoms with Gasteiger partial charge in [-0.05, 0) is 57.7 Å². The Kier molecular flexibility index (Phi) is 5.01. The van der Waals surface area contributed by atoms with Gasteiger partial charge < -0.3 is 11.1 Å². The van der Waals surface area contributed by atoms with E-state index in [1.807, 2.05) is 20.8 Å². The molecule has 4 heteroatoms. The lowest BCUT2D eigenvalue weighted by molar-refractivity contribution is -0.117. The quantitative estimate of drug-likeness (QED) is 0.893. The SMILES string of the molecule is Cc1cc(C)c(NC(=O)CN2CCC(C(C)N)C2)c(C)c1. The van der Waals surface area contributed by atoms with Crippen LogP contribution in [0.15, 0.2) is 12.1 Å². The van der Waals surface area contributed by atoms with Crippen LogP contribution in [0.3, 0.4) is 0 Å². The molecular weight excluding hydrogens is 262 g/mol. The van der Waals surface area contributed by atoms with Gasteiger partial charge in [0.05, 0.1) is 6.54 Å². The summed E-state index contributed by atoms with van der Waals surface area (Å²) in [6.07, 6.45) is 1.09. The summed E-state index contributed by atoms with van der Waals surface area (Å²) in [5.41, 5.74) is 10.4. The first-order valence-electron chi connectivity index (χ1n) is 7.72. The van der Waals surface area contributed by atoms with Crippen LogP contribution < -0.4 is 11.1 Å². The molecule has 116 valence electrons. The maximum absolute atomic E-state index is 12.3. The molecule has 1 amide bonds. The zero-order chi connectivity index (χ0) is 15.6. The van der Waals surface area contributed by atoms with Crippen LogP contribution in [-0.2, 0) is 4.79 Å². The van der Waals surface area contributed by atoms with E-state index in [-0.39, 0.29) is 11.9 Å². The first-order chi connectivity index (χ1) is 9.86. The number of carbonyl (C=O) groups is 1. The van der Waals surface area contributed by atoms with Gasteiger partial charge in [-0.15, -0.1) is 0 Å². The van der Waals surface area contributed by atoms with Crippen molar-refractivity contribution in [2.75, 3.05) is 25.0 Å². The third-order valence-electron chi connectivity index (χ3n) is 4.36. The number of anilines is 1. The van der Waals surface area contributed by atoms with Gasteiger partial charge in [0.15, 0.2) is 0 Å². The number of benzene rings is 1. The fraction of sp³-hybridized carbons (Fsp3) is 0.588. The molecule has 1 fully saturated rings. The molecule has 0 radical (unpaired) electrons. The van der Waals surface area contributed by atoms with E-state index in [1.54, 1.807) is 0 Å². The molecule has 1 aromatic carbocycles. The van der Waals surface area contributed by atoms with Crippen LogP contribution in [0.2, 0.25) is 0 Å². The molecule has 1 heterocycles. The van der Waals surface area contributed by atoms with Gasteiger partial charge in [-0.3, -0.25) is 9.69 Å². The highest BCUT2D eigenvalue weighted by Gasteiger charge is 2.26. The van der Waals surface area contributed by atoms with Crippen molar-refractivity contribution in [3.05, 3.63) is 28.8 Å². The molecule has 2 atom stereocenters. The number of rotatable bonds is 4. The summed E-state index contributed by atoms with van der Waals surface area (Å²) in [5.74, 6) is 0.580.